The van der Waals surface area contributed by atoms with Gasteiger partial charge in [0.25, 0.3) is 0 Å². The second-order valence-corrected chi connectivity index (χ2v) is 3.11. The van der Waals surface area contributed by atoms with E-state index < -0.39 is 5.97 Å². The van der Waals surface area contributed by atoms with Crippen LogP contribution in [0.2, 0.25) is 0 Å². The lowest BCUT2D eigenvalue weighted by Gasteiger charge is -2.06. The highest BCUT2D eigenvalue weighted by Crippen LogP contribution is 2.15. The molecule has 86 valence electrons. The van der Waals surface area contributed by atoms with E-state index in [0.29, 0.717) is 11.3 Å². The van der Waals surface area contributed by atoms with E-state index in [1.807, 2.05) is 0 Å². The molecule has 0 aliphatic heterocycles. The van der Waals surface area contributed by atoms with E-state index >= 15 is 0 Å². The van der Waals surface area contributed by atoms with Crippen molar-refractivity contribution in [1.82, 2.24) is 4.98 Å². The molecule has 1 aromatic rings. The predicted octanol–water partition coefficient (Wildman–Crippen LogP) is 1.19. The van der Waals surface area contributed by atoms with Gasteiger partial charge in [0.15, 0.2) is 12.3 Å². The van der Waals surface area contributed by atoms with Crippen LogP contribution in [0.25, 0.3) is 0 Å². The molecule has 0 aliphatic rings. The highest BCUT2D eigenvalue weighted by Gasteiger charge is 2.12. The average Bonchev–Trinajstić information content (AvgIpc) is 2.33. The molecule has 0 atom stereocenters. The Morgan fingerprint density at radius 3 is 2.71 bits per heavy atom. The summed E-state index contributed by atoms with van der Waals surface area (Å²) < 4.78 is 9.94. The Balaban J connectivity index is 2.80. The van der Waals surface area contributed by atoms with Crippen molar-refractivity contribution in [1.29, 1.82) is 0 Å². The summed E-state index contributed by atoms with van der Waals surface area (Å²) in [5.74, 6) is 4.50. The minimum Gasteiger partial charge on any atom is -0.479 e. The Bertz CT molecular complexity index is 494. The Morgan fingerprint density at radius 1 is 1.41 bits per heavy atom. The van der Waals surface area contributed by atoms with Crippen molar-refractivity contribution >= 4 is 5.97 Å². The van der Waals surface area contributed by atoms with E-state index in [4.69, 9.17) is 22.3 Å². The number of rotatable bonds is 4. The minimum atomic E-state index is -0.552. The zero-order valence-electron chi connectivity index (χ0n) is 9.40. The molecule has 0 bridgehead atoms. The van der Waals surface area contributed by atoms with Gasteiger partial charge in [-0.2, -0.15) is 0 Å². The van der Waals surface area contributed by atoms with Crippen molar-refractivity contribution in [3.8, 4) is 30.4 Å². The quantitative estimate of drug-likeness (QED) is 0.575. The van der Waals surface area contributed by atoms with Crippen molar-refractivity contribution in [3.05, 3.63) is 23.5 Å². The third-order valence-electron chi connectivity index (χ3n) is 1.86. The monoisotopic (exact) mass is 229 g/mol. The number of terminal acetylenes is 2. The van der Waals surface area contributed by atoms with Gasteiger partial charge in [0.1, 0.15) is 12.4 Å². The molecule has 17 heavy (non-hydrogen) atoms. The molecular formula is C13H11NO3. The first-order valence-electron chi connectivity index (χ1n) is 4.82. The third kappa shape index (κ3) is 3.55. The number of pyridine rings is 1. The largest absolute Gasteiger partial charge is 0.479 e. The second-order valence-electron chi connectivity index (χ2n) is 3.11. The molecule has 0 amide bonds. The highest BCUT2D eigenvalue weighted by atomic mass is 16.5. The summed E-state index contributed by atoms with van der Waals surface area (Å²) in [6, 6.07) is 1.66. The lowest BCUT2D eigenvalue weighted by atomic mass is 10.2. The molecular weight excluding hydrogens is 218 g/mol. The van der Waals surface area contributed by atoms with Crippen LogP contribution >= 0.6 is 0 Å². The molecule has 1 aromatic heterocycles. The fraction of sp³-hybridized carbons (Fsp3) is 0.231. The van der Waals surface area contributed by atoms with Crippen LogP contribution in [0.4, 0.5) is 0 Å². The summed E-state index contributed by atoms with van der Waals surface area (Å²) in [4.78, 5) is 15.4. The Morgan fingerprint density at radius 2 is 2.12 bits per heavy atom. The van der Waals surface area contributed by atoms with Gasteiger partial charge in [0, 0.05) is 0 Å². The molecule has 0 fully saturated rings. The van der Waals surface area contributed by atoms with E-state index in [9.17, 15) is 4.79 Å². The van der Waals surface area contributed by atoms with Crippen molar-refractivity contribution < 1.29 is 14.3 Å². The average molecular weight is 229 g/mol. The third-order valence-corrected chi connectivity index (χ3v) is 1.86. The van der Waals surface area contributed by atoms with Crippen LogP contribution in [0.5, 0.6) is 5.75 Å². The number of aromatic nitrogens is 1. The SMILES string of the molecule is C#CCOC(=O)c1ncc(OCC#C)cc1C. The van der Waals surface area contributed by atoms with Crippen LogP contribution in [0.1, 0.15) is 16.1 Å². The summed E-state index contributed by atoms with van der Waals surface area (Å²) in [6.45, 7) is 1.81. The normalized spacial score (nSPS) is 8.88. The Kier molecular flexibility index (Phi) is 4.59. The van der Waals surface area contributed by atoms with Crippen LogP contribution in [-0.4, -0.2) is 24.2 Å². The van der Waals surface area contributed by atoms with Gasteiger partial charge in [0.2, 0.25) is 0 Å². The number of carbonyl (C=O) groups is 1. The first-order valence-corrected chi connectivity index (χ1v) is 4.82. The number of esters is 1. The van der Waals surface area contributed by atoms with Gasteiger partial charge < -0.3 is 9.47 Å². The van der Waals surface area contributed by atoms with Gasteiger partial charge in [0.05, 0.1) is 6.20 Å². The number of aryl methyl sites for hydroxylation is 1. The maximum absolute atomic E-state index is 11.5. The highest BCUT2D eigenvalue weighted by molar-refractivity contribution is 5.89. The summed E-state index contributed by atoms with van der Waals surface area (Å²) in [7, 11) is 0. The predicted molar refractivity (Wildman–Crippen MR) is 62.4 cm³/mol. The number of hydrogen-bond donors (Lipinski definition) is 0. The number of hydrogen-bond acceptors (Lipinski definition) is 4. The van der Waals surface area contributed by atoms with Crippen LogP contribution in [0.15, 0.2) is 12.3 Å². The van der Waals surface area contributed by atoms with E-state index in [1.165, 1.54) is 6.20 Å². The van der Waals surface area contributed by atoms with Gasteiger partial charge in [-0.05, 0) is 18.6 Å². The van der Waals surface area contributed by atoms with E-state index in [1.54, 1.807) is 13.0 Å². The smallest absolute Gasteiger partial charge is 0.358 e. The molecule has 0 spiro atoms. The first-order chi connectivity index (χ1) is 8.19. The molecule has 4 heteroatoms. The zero-order chi connectivity index (χ0) is 12.7. The number of carbonyl (C=O) groups excluding carboxylic acids is 1. The fourth-order valence-corrected chi connectivity index (χ4v) is 1.14. The Hall–Kier alpha value is -2.46. The lowest BCUT2D eigenvalue weighted by molar-refractivity contribution is 0.0549. The van der Waals surface area contributed by atoms with Crippen molar-refractivity contribution in [2.75, 3.05) is 13.2 Å². The fourth-order valence-electron chi connectivity index (χ4n) is 1.14. The molecule has 1 heterocycles. The molecule has 0 saturated carbocycles. The van der Waals surface area contributed by atoms with E-state index in [0.717, 1.165) is 0 Å². The van der Waals surface area contributed by atoms with Gasteiger partial charge in [-0.1, -0.05) is 11.8 Å². The summed E-state index contributed by atoms with van der Waals surface area (Å²) in [5, 5.41) is 0. The van der Waals surface area contributed by atoms with Crippen LogP contribution < -0.4 is 4.74 Å². The molecule has 0 aromatic carbocycles. The number of ether oxygens (including phenoxy) is 2. The van der Waals surface area contributed by atoms with Gasteiger partial charge >= 0.3 is 5.97 Å². The number of nitrogens with zero attached hydrogens (tertiary/aromatic N) is 1. The second kappa shape index (κ2) is 6.19. The molecule has 0 N–H and O–H groups in total. The Labute approximate surface area is 100.0 Å². The summed E-state index contributed by atoms with van der Waals surface area (Å²) >= 11 is 0. The summed E-state index contributed by atoms with van der Waals surface area (Å²) in [5.41, 5.74) is 0.856. The van der Waals surface area contributed by atoms with Gasteiger partial charge in [-0.25, -0.2) is 9.78 Å². The standard InChI is InChI=1S/C13H11NO3/c1-4-6-16-11-8-10(3)12(14-9-11)13(15)17-7-5-2/h1-2,8-9H,6-7H2,3H3. The van der Waals surface area contributed by atoms with E-state index in [2.05, 4.69) is 16.8 Å². The molecule has 0 radical (unpaired) electrons. The van der Waals surface area contributed by atoms with Crippen LogP contribution in [0.3, 0.4) is 0 Å². The molecule has 1 rings (SSSR count). The van der Waals surface area contributed by atoms with E-state index in [-0.39, 0.29) is 18.9 Å². The zero-order valence-corrected chi connectivity index (χ0v) is 9.40. The van der Waals surface area contributed by atoms with Crippen molar-refractivity contribution in [2.45, 2.75) is 6.92 Å². The molecule has 0 aliphatic carbocycles. The topological polar surface area (TPSA) is 48.4 Å². The lowest BCUT2D eigenvalue weighted by Crippen LogP contribution is -2.10. The van der Waals surface area contributed by atoms with Crippen LogP contribution in [-0.2, 0) is 4.74 Å². The maximum Gasteiger partial charge on any atom is 0.358 e. The maximum atomic E-state index is 11.5. The van der Waals surface area contributed by atoms with Crippen molar-refractivity contribution in [3.63, 3.8) is 0 Å². The summed E-state index contributed by atoms with van der Waals surface area (Å²) in [6.07, 6.45) is 11.5. The molecule has 0 saturated heterocycles. The first kappa shape index (κ1) is 12.6. The van der Waals surface area contributed by atoms with Gasteiger partial charge in [-0.3, -0.25) is 0 Å². The molecule has 4 nitrogen and oxygen atoms in total. The van der Waals surface area contributed by atoms with Crippen molar-refractivity contribution in [2.24, 2.45) is 0 Å². The van der Waals surface area contributed by atoms with Gasteiger partial charge in [-0.15, -0.1) is 12.8 Å². The minimum absolute atomic E-state index is 0.0741. The molecule has 0 unspecified atom stereocenters. The van der Waals surface area contributed by atoms with Crippen LogP contribution in [0, 0.1) is 31.6 Å².